The van der Waals surface area contributed by atoms with Crippen molar-refractivity contribution in [3.05, 3.63) is 120 Å². The molecule has 0 bridgehead atoms. The third-order valence-electron chi connectivity index (χ3n) is 6.48. The molecule has 4 rings (SSSR count). The van der Waals surface area contributed by atoms with Gasteiger partial charge in [0.1, 0.15) is 12.3 Å². The second-order valence-electron chi connectivity index (χ2n) is 10.5. The summed E-state index contributed by atoms with van der Waals surface area (Å²) in [6.45, 7) is 8.18. The average molecular weight is 571 g/mol. The Kier molecular flexibility index (Phi) is 8.93. The standard InChI is InChI=1S/C33H34N2O5S/c1-5-40-29-20-18-28(19-21-29)35(41(38,39)30-12-7-6-8-13-30)23-31(36)34-27-11-9-10-25(22-27)32(37)24-14-16-26(17-15-24)33(2,3)4/h6-22H,5,23H2,1-4H3,(H,34,36). The first-order valence-corrected chi connectivity index (χ1v) is 14.8. The van der Waals surface area contributed by atoms with Crippen molar-refractivity contribution in [2.75, 3.05) is 22.8 Å². The molecule has 1 N–H and O–H groups in total. The average Bonchev–Trinajstić information content (AvgIpc) is 2.96. The largest absolute Gasteiger partial charge is 0.494 e. The predicted octanol–water partition coefficient (Wildman–Crippen LogP) is 6.45. The molecule has 0 radical (unpaired) electrons. The lowest BCUT2D eigenvalue weighted by Crippen LogP contribution is -2.38. The van der Waals surface area contributed by atoms with Crippen molar-refractivity contribution in [3.8, 4) is 5.75 Å². The lowest BCUT2D eigenvalue weighted by Gasteiger charge is -2.24. The summed E-state index contributed by atoms with van der Waals surface area (Å²) < 4.78 is 33.7. The van der Waals surface area contributed by atoms with E-state index in [1.807, 2.05) is 19.1 Å². The molecule has 41 heavy (non-hydrogen) atoms. The van der Waals surface area contributed by atoms with Crippen LogP contribution in [0.5, 0.6) is 5.75 Å². The zero-order valence-corrected chi connectivity index (χ0v) is 24.4. The van der Waals surface area contributed by atoms with Crippen LogP contribution >= 0.6 is 0 Å². The van der Waals surface area contributed by atoms with Gasteiger partial charge >= 0.3 is 0 Å². The van der Waals surface area contributed by atoms with E-state index < -0.39 is 22.5 Å². The SMILES string of the molecule is CCOc1ccc(N(CC(=O)Nc2cccc(C(=O)c3ccc(C(C)(C)C)cc3)c2)S(=O)(=O)c2ccccc2)cc1. The van der Waals surface area contributed by atoms with Crippen LogP contribution in [-0.4, -0.2) is 33.3 Å². The van der Waals surface area contributed by atoms with Crippen LogP contribution in [0.1, 0.15) is 49.2 Å². The van der Waals surface area contributed by atoms with Crippen molar-refractivity contribution >= 4 is 33.1 Å². The number of ketones is 1. The fraction of sp³-hybridized carbons (Fsp3) is 0.212. The zero-order chi connectivity index (χ0) is 29.6. The molecule has 7 nitrogen and oxygen atoms in total. The summed E-state index contributed by atoms with van der Waals surface area (Å²) >= 11 is 0. The Bertz CT molecular complexity index is 1610. The summed E-state index contributed by atoms with van der Waals surface area (Å²) in [4.78, 5) is 26.4. The number of rotatable bonds is 10. The Hall–Kier alpha value is -4.43. The molecule has 0 aliphatic rings. The maximum absolute atomic E-state index is 13.6. The minimum Gasteiger partial charge on any atom is -0.494 e. The van der Waals surface area contributed by atoms with E-state index in [1.54, 1.807) is 78.9 Å². The molecule has 0 fully saturated rings. The van der Waals surface area contributed by atoms with Crippen molar-refractivity contribution < 1.29 is 22.7 Å². The highest BCUT2D eigenvalue weighted by molar-refractivity contribution is 7.92. The number of amides is 1. The number of hydrogen-bond acceptors (Lipinski definition) is 5. The number of nitrogens with zero attached hydrogens (tertiary/aromatic N) is 1. The first-order chi connectivity index (χ1) is 19.5. The summed E-state index contributed by atoms with van der Waals surface area (Å²) in [5.41, 5.74) is 2.74. The molecule has 0 aromatic heterocycles. The van der Waals surface area contributed by atoms with Crippen LogP contribution in [0.15, 0.2) is 108 Å². The molecule has 4 aromatic carbocycles. The fourth-order valence-electron chi connectivity index (χ4n) is 4.27. The molecule has 4 aromatic rings. The Morgan fingerprint density at radius 1 is 0.805 bits per heavy atom. The van der Waals surface area contributed by atoms with E-state index in [-0.39, 0.29) is 16.1 Å². The van der Waals surface area contributed by atoms with Crippen LogP contribution < -0.4 is 14.4 Å². The van der Waals surface area contributed by atoms with Gasteiger partial charge < -0.3 is 10.1 Å². The Morgan fingerprint density at radius 2 is 1.46 bits per heavy atom. The first-order valence-electron chi connectivity index (χ1n) is 13.3. The summed E-state index contributed by atoms with van der Waals surface area (Å²) in [6, 6.07) is 28.6. The quantitative estimate of drug-likeness (QED) is 0.221. The Labute approximate surface area is 241 Å². The van der Waals surface area contributed by atoms with Crippen LogP contribution in [0.3, 0.4) is 0 Å². The van der Waals surface area contributed by atoms with Gasteiger partial charge in [-0.1, -0.05) is 75.4 Å². The molecule has 0 saturated heterocycles. The summed E-state index contributed by atoms with van der Waals surface area (Å²) in [5, 5.41) is 2.75. The number of anilines is 2. The molecule has 0 saturated carbocycles. The molecule has 0 aliphatic carbocycles. The van der Waals surface area contributed by atoms with E-state index in [1.165, 1.54) is 12.1 Å². The monoisotopic (exact) mass is 570 g/mol. The van der Waals surface area contributed by atoms with E-state index >= 15 is 0 Å². The second-order valence-corrected chi connectivity index (χ2v) is 12.4. The molecule has 0 unspecified atom stereocenters. The van der Waals surface area contributed by atoms with Gasteiger partial charge in [-0.05, 0) is 66.4 Å². The van der Waals surface area contributed by atoms with Gasteiger partial charge in [0.05, 0.1) is 17.2 Å². The Morgan fingerprint density at radius 3 is 2.07 bits per heavy atom. The number of sulfonamides is 1. The van der Waals surface area contributed by atoms with E-state index in [4.69, 9.17) is 4.74 Å². The third kappa shape index (κ3) is 7.21. The molecule has 0 atom stereocenters. The van der Waals surface area contributed by atoms with E-state index in [0.717, 1.165) is 9.87 Å². The topological polar surface area (TPSA) is 92.8 Å². The normalized spacial score (nSPS) is 11.5. The van der Waals surface area contributed by atoms with Crippen molar-refractivity contribution in [2.24, 2.45) is 0 Å². The summed E-state index contributed by atoms with van der Waals surface area (Å²) in [5.74, 6) is -0.144. The molecule has 0 heterocycles. The van der Waals surface area contributed by atoms with Crippen molar-refractivity contribution in [2.45, 2.75) is 38.0 Å². The molecule has 8 heteroatoms. The zero-order valence-electron chi connectivity index (χ0n) is 23.6. The van der Waals surface area contributed by atoms with Crippen LogP contribution in [-0.2, 0) is 20.2 Å². The highest BCUT2D eigenvalue weighted by Crippen LogP contribution is 2.27. The van der Waals surface area contributed by atoms with Gasteiger partial charge in [0.25, 0.3) is 10.0 Å². The van der Waals surface area contributed by atoms with E-state index in [2.05, 4.69) is 26.1 Å². The number of carbonyl (C=O) groups is 2. The van der Waals surface area contributed by atoms with Gasteiger partial charge in [-0.3, -0.25) is 13.9 Å². The van der Waals surface area contributed by atoms with Gasteiger partial charge in [0, 0.05) is 16.8 Å². The minimum absolute atomic E-state index is 0.0288. The third-order valence-corrected chi connectivity index (χ3v) is 8.26. The highest BCUT2D eigenvalue weighted by atomic mass is 32.2. The van der Waals surface area contributed by atoms with Crippen LogP contribution in [0, 0.1) is 0 Å². The maximum Gasteiger partial charge on any atom is 0.264 e. The van der Waals surface area contributed by atoms with E-state index in [9.17, 15) is 18.0 Å². The van der Waals surface area contributed by atoms with Crippen LogP contribution in [0.2, 0.25) is 0 Å². The predicted molar refractivity (Wildman–Crippen MR) is 162 cm³/mol. The van der Waals surface area contributed by atoms with Crippen molar-refractivity contribution in [1.29, 1.82) is 0 Å². The van der Waals surface area contributed by atoms with Gasteiger partial charge in [-0.25, -0.2) is 8.42 Å². The molecule has 1 amide bonds. The first kappa shape index (κ1) is 29.6. The van der Waals surface area contributed by atoms with Crippen LogP contribution in [0.4, 0.5) is 11.4 Å². The smallest absolute Gasteiger partial charge is 0.264 e. The lowest BCUT2D eigenvalue weighted by molar-refractivity contribution is -0.114. The van der Waals surface area contributed by atoms with Crippen molar-refractivity contribution in [1.82, 2.24) is 0 Å². The molecular weight excluding hydrogens is 536 g/mol. The Balaban J connectivity index is 1.56. The summed E-state index contributed by atoms with van der Waals surface area (Å²) in [6.07, 6.45) is 0. The summed E-state index contributed by atoms with van der Waals surface area (Å²) in [7, 11) is -4.06. The molecule has 0 aliphatic heterocycles. The maximum atomic E-state index is 13.6. The van der Waals surface area contributed by atoms with Gasteiger partial charge in [0.15, 0.2) is 5.78 Å². The lowest BCUT2D eigenvalue weighted by atomic mass is 9.86. The van der Waals surface area contributed by atoms with Gasteiger partial charge in [0.2, 0.25) is 5.91 Å². The number of ether oxygens (including phenoxy) is 1. The van der Waals surface area contributed by atoms with Crippen LogP contribution in [0.25, 0.3) is 0 Å². The molecular formula is C33H34N2O5S. The number of hydrogen-bond donors (Lipinski definition) is 1. The number of carbonyl (C=O) groups excluding carboxylic acids is 2. The van der Waals surface area contributed by atoms with E-state index in [0.29, 0.717) is 34.9 Å². The van der Waals surface area contributed by atoms with Gasteiger partial charge in [-0.15, -0.1) is 0 Å². The highest BCUT2D eigenvalue weighted by Gasteiger charge is 2.27. The minimum atomic E-state index is -4.06. The number of nitrogens with one attached hydrogen (secondary N) is 1. The fourth-order valence-corrected chi connectivity index (χ4v) is 5.71. The molecule has 212 valence electrons. The molecule has 0 spiro atoms. The van der Waals surface area contributed by atoms with Gasteiger partial charge in [-0.2, -0.15) is 0 Å². The van der Waals surface area contributed by atoms with Crippen molar-refractivity contribution in [3.63, 3.8) is 0 Å². The second kappa shape index (κ2) is 12.4. The number of benzene rings is 4.